The van der Waals surface area contributed by atoms with Gasteiger partial charge in [0.1, 0.15) is 0 Å². The van der Waals surface area contributed by atoms with Crippen LogP contribution >= 0.6 is 0 Å². The third-order valence-corrected chi connectivity index (χ3v) is 11.4. The highest BCUT2D eigenvalue weighted by Gasteiger charge is 2.26. The molecule has 0 amide bonds. The Kier molecular flexibility index (Phi) is 5.53. The highest BCUT2D eigenvalue weighted by molar-refractivity contribution is 6.36. The van der Waals surface area contributed by atoms with Crippen LogP contribution in [0, 0.1) is 0 Å². The summed E-state index contributed by atoms with van der Waals surface area (Å²) in [5.74, 6) is 0. The Hall–Kier alpha value is -6.90. The highest BCUT2D eigenvalue weighted by Crippen LogP contribution is 2.50. The maximum absolute atomic E-state index is 2.54. The molecule has 0 N–H and O–H groups in total. The van der Waals surface area contributed by atoms with E-state index in [9.17, 15) is 0 Å². The summed E-state index contributed by atoms with van der Waals surface area (Å²) >= 11 is 0. The van der Waals surface area contributed by atoms with Crippen molar-refractivity contribution in [3.05, 3.63) is 182 Å². The van der Waals surface area contributed by atoms with E-state index in [-0.39, 0.29) is 0 Å². The first-order valence-corrected chi connectivity index (χ1v) is 18.0. The van der Waals surface area contributed by atoms with Crippen molar-refractivity contribution in [2.45, 2.75) is 0 Å². The van der Waals surface area contributed by atoms with Crippen molar-refractivity contribution >= 4 is 65.2 Å². The van der Waals surface area contributed by atoms with E-state index < -0.39 is 0 Å². The minimum Gasteiger partial charge on any atom is -0.309 e. The second-order valence-corrected chi connectivity index (χ2v) is 14.1. The van der Waals surface area contributed by atoms with Crippen LogP contribution in [0.15, 0.2) is 182 Å². The van der Waals surface area contributed by atoms with Gasteiger partial charge in [-0.25, -0.2) is 0 Å². The van der Waals surface area contributed by atoms with E-state index in [1.165, 1.54) is 104 Å². The van der Waals surface area contributed by atoms with Crippen molar-refractivity contribution in [1.82, 2.24) is 9.13 Å². The fourth-order valence-corrected chi connectivity index (χ4v) is 9.29. The lowest BCUT2D eigenvalue weighted by atomic mass is 9.99. The molecule has 9 aromatic carbocycles. The van der Waals surface area contributed by atoms with Crippen molar-refractivity contribution < 1.29 is 0 Å². The quantitative estimate of drug-likeness (QED) is 0.179. The topological polar surface area (TPSA) is 9.86 Å². The molecule has 0 spiro atoms. The van der Waals surface area contributed by atoms with Crippen molar-refractivity contribution in [3.63, 3.8) is 0 Å². The first-order chi connectivity index (χ1) is 25.8. The Bertz CT molecular complexity index is 3270. The second-order valence-electron chi connectivity index (χ2n) is 14.1. The fourth-order valence-electron chi connectivity index (χ4n) is 9.29. The maximum Gasteiger partial charge on any atom is 0.0647 e. The number of rotatable bonds is 3. The normalized spacial score (nSPS) is 12.2. The zero-order chi connectivity index (χ0) is 33.9. The first-order valence-electron chi connectivity index (χ1n) is 18.0. The molecule has 2 aromatic heterocycles. The van der Waals surface area contributed by atoms with Crippen molar-refractivity contribution in [2.24, 2.45) is 0 Å². The minimum atomic E-state index is 1.15. The average molecular weight is 659 g/mol. The van der Waals surface area contributed by atoms with Crippen LogP contribution in [0.1, 0.15) is 0 Å². The van der Waals surface area contributed by atoms with Gasteiger partial charge in [0.2, 0.25) is 0 Å². The molecule has 0 unspecified atom stereocenters. The Morgan fingerprint density at radius 1 is 0.288 bits per heavy atom. The molecule has 52 heavy (non-hydrogen) atoms. The van der Waals surface area contributed by atoms with Gasteiger partial charge in [0, 0.05) is 38.3 Å². The number of hydrogen-bond donors (Lipinski definition) is 0. The molecule has 0 bridgehead atoms. The zero-order valence-corrected chi connectivity index (χ0v) is 28.2. The van der Waals surface area contributed by atoms with Crippen molar-refractivity contribution in [3.8, 4) is 44.8 Å². The lowest BCUT2D eigenvalue weighted by Gasteiger charge is -2.15. The molecule has 0 saturated carbocycles. The van der Waals surface area contributed by atoms with Crippen LogP contribution in [-0.4, -0.2) is 9.13 Å². The summed E-state index contributed by atoms with van der Waals surface area (Å²) in [5, 5.41) is 10.2. The molecule has 2 heterocycles. The van der Waals surface area contributed by atoms with Crippen molar-refractivity contribution in [1.29, 1.82) is 0 Å². The molecule has 2 nitrogen and oxygen atoms in total. The van der Waals surface area contributed by atoms with Crippen LogP contribution < -0.4 is 0 Å². The summed E-state index contributed by atoms with van der Waals surface area (Å²) in [6.45, 7) is 0. The lowest BCUT2D eigenvalue weighted by Crippen LogP contribution is -1.97. The monoisotopic (exact) mass is 658 g/mol. The van der Waals surface area contributed by atoms with E-state index in [1.54, 1.807) is 0 Å². The molecule has 11 aromatic rings. The van der Waals surface area contributed by atoms with Gasteiger partial charge in [-0.2, -0.15) is 0 Å². The fraction of sp³-hybridized carbons (Fsp3) is 0. The van der Waals surface area contributed by atoms with Gasteiger partial charge in [-0.15, -0.1) is 0 Å². The summed E-state index contributed by atoms with van der Waals surface area (Å²) in [7, 11) is 0. The molecule has 1 aliphatic rings. The highest BCUT2D eigenvalue weighted by atomic mass is 15.0. The number of nitrogens with zero attached hydrogens (tertiary/aromatic N) is 2. The summed E-state index contributed by atoms with van der Waals surface area (Å²) in [4.78, 5) is 0. The van der Waals surface area contributed by atoms with Gasteiger partial charge in [0.15, 0.2) is 0 Å². The second kappa shape index (κ2) is 10.3. The standard InChI is InChI=1S/C50H30N2/c1-2-13-31(14-3-1)32-25-27-34(28-26-32)51-44-23-10-8-20-41(44)47-39-18-6-7-19-40(39)49-48(50(47)51)42-21-9-11-24-45(42)52(49)35-29-33-15-12-22-38-36-16-4-5-17-37(36)43(30-35)46(33)38/h1-30H. The van der Waals surface area contributed by atoms with Crippen molar-refractivity contribution in [2.75, 3.05) is 0 Å². The lowest BCUT2D eigenvalue weighted by molar-refractivity contribution is 1.18. The summed E-state index contributed by atoms with van der Waals surface area (Å²) in [6.07, 6.45) is 0. The summed E-state index contributed by atoms with van der Waals surface area (Å²) in [5.41, 5.74) is 14.9. The van der Waals surface area contributed by atoms with Crippen LogP contribution in [0.25, 0.3) is 110 Å². The van der Waals surface area contributed by atoms with Gasteiger partial charge in [0.25, 0.3) is 0 Å². The van der Waals surface area contributed by atoms with E-state index in [4.69, 9.17) is 0 Å². The van der Waals surface area contributed by atoms with Gasteiger partial charge < -0.3 is 9.13 Å². The number of benzene rings is 9. The Balaban J connectivity index is 1.25. The third-order valence-electron chi connectivity index (χ3n) is 11.4. The van der Waals surface area contributed by atoms with E-state index in [1.807, 2.05) is 0 Å². The van der Waals surface area contributed by atoms with E-state index in [2.05, 4.69) is 191 Å². The van der Waals surface area contributed by atoms with E-state index in [0.29, 0.717) is 0 Å². The van der Waals surface area contributed by atoms with Crippen LogP contribution in [0.2, 0.25) is 0 Å². The molecule has 0 fully saturated rings. The molecule has 2 heteroatoms. The Labute approximate surface area is 300 Å². The summed E-state index contributed by atoms with van der Waals surface area (Å²) < 4.78 is 5.05. The molecule has 0 aliphatic heterocycles. The first kappa shape index (κ1) is 27.9. The molecule has 0 saturated heterocycles. The van der Waals surface area contributed by atoms with Crippen LogP contribution in [0.3, 0.4) is 0 Å². The average Bonchev–Trinajstić information content (AvgIpc) is 3.86. The molecule has 240 valence electrons. The predicted octanol–water partition coefficient (Wildman–Crippen LogP) is 13.5. The van der Waals surface area contributed by atoms with Gasteiger partial charge >= 0.3 is 0 Å². The largest absolute Gasteiger partial charge is 0.309 e. The number of fused-ring (bicyclic) bond motifs is 13. The Morgan fingerprint density at radius 3 is 1.60 bits per heavy atom. The molecule has 1 aliphatic carbocycles. The molecule has 12 rings (SSSR count). The smallest absolute Gasteiger partial charge is 0.0647 e. The number of hydrogen-bond acceptors (Lipinski definition) is 0. The van der Waals surface area contributed by atoms with Crippen LogP contribution in [0.4, 0.5) is 0 Å². The molecule has 0 radical (unpaired) electrons. The third kappa shape index (κ3) is 3.63. The summed E-state index contributed by atoms with van der Waals surface area (Å²) in [6, 6.07) is 67.1. The SMILES string of the molecule is c1ccc(-c2ccc(-n3c4ccccc4c4c5ccccc5c5c(c6ccccc6n5-c5cc6c7c(cccc7c5)-c5ccccc5-6)c43)cc2)cc1. The van der Waals surface area contributed by atoms with Gasteiger partial charge in [-0.1, -0.05) is 146 Å². The molecular weight excluding hydrogens is 629 g/mol. The van der Waals surface area contributed by atoms with E-state index >= 15 is 0 Å². The molecular formula is C50H30N2. The zero-order valence-electron chi connectivity index (χ0n) is 28.2. The maximum atomic E-state index is 2.54. The van der Waals surface area contributed by atoms with Gasteiger partial charge in [0.05, 0.1) is 22.1 Å². The van der Waals surface area contributed by atoms with Crippen LogP contribution in [-0.2, 0) is 0 Å². The minimum absolute atomic E-state index is 1.15. The predicted molar refractivity (Wildman–Crippen MR) is 220 cm³/mol. The van der Waals surface area contributed by atoms with E-state index in [0.717, 1.165) is 5.69 Å². The molecule has 0 atom stereocenters. The number of aromatic nitrogens is 2. The van der Waals surface area contributed by atoms with Gasteiger partial charge in [-0.05, 0) is 85.9 Å². The van der Waals surface area contributed by atoms with Crippen LogP contribution in [0.5, 0.6) is 0 Å². The van der Waals surface area contributed by atoms with Gasteiger partial charge in [-0.3, -0.25) is 0 Å². The Morgan fingerprint density at radius 2 is 0.846 bits per heavy atom. The number of para-hydroxylation sites is 2.